The highest BCUT2D eigenvalue weighted by molar-refractivity contribution is 7.98. The molecule has 31 heavy (non-hydrogen) atoms. The van der Waals surface area contributed by atoms with Crippen LogP contribution < -0.4 is 15.2 Å². The van der Waals surface area contributed by atoms with Crippen LogP contribution >= 0.6 is 11.8 Å². The van der Waals surface area contributed by atoms with Crippen LogP contribution in [0.25, 0.3) is 16.9 Å². The van der Waals surface area contributed by atoms with Gasteiger partial charge < -0.3 is 19.9 Å². The van der Waals surface area contributed by atoms with Crippen molar-refractivity contribution < 1.29 is 14.2 Å². The molecule has 4 rings (SSSR count). The topological polar surface area (TPSA) is 94.8 Å². The SMILES string of the molecule is CC[C@@H]1OCC[C@@]1(N)COc1cc(-c2cnc3cccc(OC)n23)cc(SC)c1C#N. The van der Waals surface area contributed by atoms with Gasteiger partial charge in [-0.25, -0.2) is 4.98 Å². The van der Waals surface area contributed by atoms with Gasteiger partial charge in [0, 0.05) is 17.1 Å². The van der Waals surface area contributed by atoms with Crippen LogP contribution in [0.1, 0.15) is 25.3 Å². The van der Waals surface area contributed by atoms with E-state index in [0.717, 1.165) is 34.6 Å². The molecule has 3 heterocycles. The number of nitriles is 1. The van der Waals surface area contributed by atoms with Crippen molar-refractivity contribution in [2.24, 2.45) is 5.73 Å². The van der Waals surface area contributed by atoms with Crippen molar-refractivity contribution in [3.8, 4) is 29.0 Å². The summed E-state index contributed by atoms with van der Waals surface area (Å²) in [6, 6.07) is 11.9. The van der Waals surface area contributed by atoms with E-state index in [2.05, 4.69) is 18.0 Å². The molecular formula is C23H26N4O3S. The monoisotopic (exact) mass is 438 g/mol. The summed E-state index contributed by atoms with van der Waals surface area (Å²) >= 11 is 1.50. The van der Waals surface area contributed by atoms with Crippen molar-refractivity contribution in [2.45, 2.75) is 36.3 Å². The highest BCUT2D eigenvalue weighted by Crippen LogP contribution is 2.37. The van der Waals surface area contributed by atoms with Gasteiger partial charge in [0.2, 0.25) is 0 Å². The van der Waals surface area contributed by atoms with Crippen molar-refractivity contribution >= 4 is 17.4 Å². The first-order valence-corrected chi connectivity index (χ1v) is 11.4. The molecule has 3 aromatic rings. The molecule has 0 aliphatic carbocycles. The summed E-state index contributed by atoms with van der Waals surface area (Å²) in [5.74, 6) is 1.19. The maximum Gasteiger partial charge on any atom is 0.199 e. The third-order valence-corrected chi connectivity index (χ3v) is 6.55. The number of fused-ring (bicyclic) bond motifs is 1. The van der Waals surface area contributed by atoms with Crippen LogP contribution in [-0.4, -0.2) is 47.6 Å². The standard InChI is InChI=1S/C23H26N4O3S/c1-4-20-23(25,8-9-29-20)14-30-18-10-15(11-19(31-3)16(18)12-24)17-13-26-21-6-5-7-22(28-2)27(17)21/h5-7,10-11,13,20H,4,8-9,14,25H2,1-3H3/t20-,23+/m0/s1. The Hall–Kier alpha value is -2.73. The molecule has 7 nitrogen and oxygen atoms in total. The minimum atomic E-state index is -0.566. The van der Waals surface area contributed by atoms with Gasteiger partial charge in [0.05, 0.1) is 30.6 Å². The zero-order valence-corrected chi connectivity index (χ0v) is 18.7. The summed E-state index contributed by atoms with van der Waals surface area (Å²) in [6.45, 7) is 2.97. The summed E-state index contributed by atoms with van der Waals surface area (Å²) < 4.78 is 19.4. The number of hydrogen-bond donors (Lipinski definition) is 1. The second kappa shape index (κ2) is 8.79. The lowest BCUT2D eigenvalue weighted by molar-refractivity contribution is 0.0598. The predicted molar refractivity (Wildman–Crippen MR) is 121 cm³/mol. The number of hydrogen-bond acceptors (Lipinski definition) is 7. The van der Waals surface area contributed by atoms with E-state index in [-0.39, 0.29) is 12.7 Å². The molecule has 1 aliphatic heterocycles. The highest BCUT2D eigenvalue weighted by atomic mass is 32.2. The molecule has 0 spiro atoms. The molecule has 2 atom stereocenters. The zero-order valence-electron chi connectivity index (χ0n) is 17.9. The van der Waals surface area contributed by atoms with E-state index in [9.17, 15) is 5.26 Å². The van der Waals surface area contributed by atoms with Crippen LogP contribution in [0.3, 0.4) is 0 Å². The second-order valence-electron chi connectivity index (χ2n) is 7.61. The van der Waals surface area contributed by atoms with Crippen molar-refractivity contribution in [3.05, 3.63) is 42.1 Å². The number of nitrogens with two attached hydrogens (primary N) is 1. The van der Waals surface area contributed by atoms with Gasteiger partial charge >= 0.3 is 0 Å². The van der Waals surface area contributed by atoms with E-state index < -0.39 is 5.54 Å². The normalized spacial score (nSPS) is 20.7. The summed E-state index contributed by atoms with van der Waals surface area (Å²) in [7, 11) is 1.63. The number of imidazole rings is 1. The molecule has 0 unspecified atom stereocenters. The molecular weight excluding hydrogens is 412 g/mol. The number of pyridine rings is 1. The number of aromatic nitrogens is 2. The van der Waals surface area contributed by atoms with Gasteiger partial charge in [-0.1, -0.05) is 13.0 Å². The van der Waals surface area contributed by atoms with Crippen molar-refractivity contribution in [2.75, 3.05) is 26.6 Å². The number of rotatable bonds is 7. The van der Waals surface area contributed by atoms with E-state index in [0.29, 0.717) is 23.8 Å². The second-order valence-corrected chi connectivity index (χ2v) is 8.46. The predicted octanol–water partition coefficient (Wildman–Crippen LogP) is 3.88. The molecule has 8 heteroatoms. The van der Waals surface area contributed by atoms with Gasteiger partial charge in [-0.2, -0.15) is 5.26 Å². The number of nitrogens with zero attached hydrogens (tertiary/aromatic N) is 3. The molecule has 1 aromatic carbocycles. The number of ether oxygens (including phenoxy) is 3. The van der Waals surface area contributed by atoms with Gasteiger partial charge in [-0.3, -0.25) is 4.40 Å². The summed E-state index contributed by atoms with van der Waals surface area (Å²) in [4.78, 5) is 5.34. The number of thioether (sulfide) groups is 1. The third-order valence-electron chi connectivity index (χ3n) is 5.79. The highest BCUT2D eigenvalue weighted by Gasteiger charge is 2.40. The van der Waals surface area contributed by atoms with Crippen LogP contribution in [-0.2, 0) is 4.74 Å². The Morgan fingerprint density at radius 3 is 2.97 bits per heavy atom. The van der Waals surface area contributed by atoms with Crippen molar-refractivity contribution in [3.63, 3.8) is 0 Å². The van der Waals surface area contributed by atoms with Crippen LogP contribution in [0.15, 0.2) is 41.4 Å². The Bertz CT molecular complexity index is 1140. The Kier molecular flexibility index (Phi) is 6.10. The lowest BCUT2D eigenvalue weighted by Gasteiger charge is -2.29. The Morgan fingerprint density at radius 1 is 1.42 bits per heavy atom. The van der Waals surface area contributed by atoms with Gasteiger partial charge in [-0.05, 0) is 43.4 Å². The molecule has 0 radical (unpaired) electrons. The molecule has 1 aliphatic rings. The third kappa shape index (κ3) is 3.85. The van der Waals surface area contributed by atoms with E-state index in [1.54, 1.807) is 13.3 Å². The molecule has 162 valence electrons. The molecule has 0 saturated carbocycles. The number of benzene rings is 1. The Morgan fingerprint density at radius 2 is 2.26 bits per heavy atom. The van der Waals surface area contributed by atoms with Gasteiger partial charge in [-0.15, -0.1) is 11.8 Å². The first-order valence-electron chi connectivity index (χ1n) is 10.2. The van der Waals surface area contributed by atoms with Gasteiger partial charge in [0.1, 0.15) is 29.6 Å². The quantitative estimate of drug-likeness (QED) is 0.559. The summed E-state index contributed by atoms with van der Waals surface area (Å²) in [6.07, 6.45) is 5.25. The first-order chi connectivity index (χ1) is 15.0. The average Bonchev–Trinajstić information content (AvgIpc) is 3.40. The summed E-state index contributed by atoms with van der Waals surface area (Å²) in [5, 5.41) is 9.82. The van der Waals surface area contributed by atoms with Gasteiger partial charge in [0.15, 0.2) is 5.88 Å². The molecule has 0 amide bonds. The maximum absolute atomic E-state index is 9.82. The fraction of sp³-hybridized carbons (Fsp3) is 0.391. The smallest absolute Gasteiger partial charge is 0.199 e. The van der Waals surface area contributed by atoms with E-state index in [1.807, 2.05) is 41.0 Å². The van der Waals surface area contributed by atoms with Gasteiger partial charge in [0.25, 0.3) is 0 Å². The van der Waals surface area contributed by atoms with Crippen LogP contribution in [0.2, 0.25) is 0 Å². The molecule has 2 aromatic heterocycles. The molecule has 2 N–H and O–H groups in total. The molecule has 0 bridgehead atoms. The van der Waals surface area contributed by atoms with E-state index >= 15 is 0 Å². The molecule has 1 fully saturated rings. The molecule has 1 saturated heterocycles. The van der Waals surface area contributed by atoms with Crippen LogP contribution in [0.4, 0.5) is 0 Å². The fourth-order valence-electron chi connectivity index (χ4n) is 4.11. The lowest BCUT2D eigenvalue weighted by atomic mass is 9.92. The zero-order chi connectivity index (χ0) is 22.0. The minimum absolute atomic E-state index is 0.0516. The Balaban J connectivity index is 1.77. The Labute approximate surface area is 186 Å². The number of methoxy groups -OCH3 is 1. The first kappa shape index (κ1) is 21.5. The van der Waals surface area contributed by atoms with E-state index in [1.165, 1.54) is 11.8 Å². The van der Waals surface area contributed by atoms with Crippen LogP contribution in [0, 0.1) is 11.3 Å². The minimum Gasteiger partial charge on any atom is -0.490 e. The van der Waals surface area contributed by atoms with Crippen LogP contribution in [0.5, 0.6) is 11.6 Å². The fourth-order valence-corrected chi connectivity index (χ4v) is 4.71. The maximum atomic E-state index is 9.82. The van der Waals surface area contributed by atoms with Crippen molar-refractivity contribution in [1.82, 2.24) is 9.38 Å². The lowest BCUT2D eigenvalue weighted by Crippen LogP contribution is -2.52. The van der Waals surface area contributed by atoms with Crippen molar-refractivity contribution in [1.29, 1.82) is 5.26 Å². The summed E-state index contributed by atoms with van der Waals surface area (Å²) in [5.41, 5.74) is 9.06. The van der Waals surface area contributed by atoms with E-state index in [4.69, 9.17) is 19.9 Å². The largest absolute Gasteiger partial charge is 0.490 e. The average molecular weight is 439 g/mol.